The molecule has 11 rings (SSSR count). The number of nitrogens with zero attached hydrogens (tertiary/aromatic N) is 2. The van der Waals surface area contributed by atoms with Gasteiger partial charge in [0.2, 0.25) is 0 Å². The van der Waals surface area contributed by atoms with E-state index in [0.717, 1.165) is 38.9 Å². The Bertz CT molecular complexity index is 3260. The summed E-state index contributed by atoms with van der Waals surface area (Å²) in [6.45, 7) is 0. The molecule has 2 nitrogen and oxygen atoms in total. The Labute approximate surface area is 325 Å². The number of hydrogen-bond donors (Lipinski definition) is 0. The molecule has 1 heterocycles. The van der Waals surface area contributed by atoms with Crippen molar-refractivity contribution in [3.8, 4) is 56.0 Å². The minimum absolute atomic E-state index is 0.712. The molecular weight excluding hydrogens is 677 g/mol. The molecule has 2 heteroatoms. The lowest BCUT2D eigenvalue weighted by Crippen LogP contribution is -1.95. The first kappa shape index (κ1) is 32.0. The van der Waals surface area contributed by atoms with E-state index < -0.39 is 0 Å². The molecule has 10 aromatic carbocycles. The van der Waals surface area contributed by atoms with Gasteiger partial charge in [0.25, 0.3) is 0 Å². The number of rotatable bonds is 5. The summed E-state index contributed by atoms with van der Waals surface area (Å²) in [5.41, 5.74) is 11.0. The zero-order chi connectivity index (χ0) is 37.0. The molecule has 260 valence electrons. The van der Waals surface area contributed by atoms with Gasteiger partial charge in [-0.15, -0.1) is 0 Å². The summed E-state index contributed by atoms with van der Waals surface area (Å²) in [6.07, 6.45) is 0. The van der Waals surface area contributed by atoms with Crippen molar-refractivity contribution in [3.05, 3.63) is 206 Å². The predicted octanol–water partition coefficient (Wildman–Crippen LogP) is 14.6. The zero-order valence-electron chi connectivity index (χ0n) is 30.5. The number of fused-ring (bicyclic) bond motifs is 8. The molecule has 0 spiro atoms. The number of hydrogen-bond acceptors (Lipinski definition) is 2. The molecule has 0 atom stereocenters. The molecular formula is C54H34N2. The van der Waals surface area contributed by atoms with Crippen molar-refractivity contribution in [2.24, 2.45) is 0 Å². The summed E-state index contributed by atoms with van der Waals surface area (Å²) < 4.78 is 0. The third-order valence-corrected chi connectivity index (χ3v) is 11.3. The van der Waals surface area contributed by atoms with Gasteiger partial charge in [0.15, 0.2) is 5.82 Å². The summed E-state index contributed by atoms with van der Waals surface area (Å²) in [7, 11) is 0. The van der Waals surface area contributed by atoms with Gasteiger partial charge in [-0.25, -0.2) is 9.97 Å². The summed E-state index contributed by atoms with van der Waals surface area (Å²) in [4.78, 5) is 10.4. The molecule has 0 saturated heterocycles. The largest absolute Gasteiger partial charge is 0.228 e. The van der Waals surface area contributed by atoms with Crippen molar-refractivity contribution >= 4 is 54.0 Å². The Hall–Kier alpha value is -7.42. The van der Waals surface area contributed by atoms with Gasteiger partial charge in [0, 0.05) is 16.5 Å². The summed E-state index contributed by atoms with van der Waals surface area (Å²) in [5.74, 6) is 0.712. The second-order valence-corrected chi connectivity index (χ2v) is 14.5. The number of aromatic nitrogens is 2. The zero-order valence-corrected chi connectivity index (χ0v) is 30.5. The summed E-state index contributed by atoms with van der Waals surface area (Å²) in [6, 6.07) is 74.1. The van der Waals surface area contributed by atoms with Gasteiger partial charge in [-0.3, -0.25) is 0 Å². The van der Waals surface area contributed by atoms with E-state index in [2.05, 4.69) is 200 Å². The summed E-state index contributed by atoms with van der Waals surface area (Å²) >= 11 is 0. The first-order valence-electron chi connectivity index (χ1n) is 19.1. The molecule has 0 saturated carbocycles. The Morgan fingerprint density at radius 3 is 1.41 bits per heavy atom. The first-order valence-corrected chi connectivity index (χ1v) is 19.1. The van der Waals surface area contributed by atoms with E-state index >= 15 is 0 Å². The number of para-hydroxylation sites is 1. The highest BCUT2D eigenvalue weighted by atomic mass is 14.9. The van der Waals surface area contributed by atoms with Crippen LogP contribution in [0.25, 0.3) is 110 Å². The average molecular weight is 711 g/mol. The van der Waals surface area contributed by atoms with E-state index in [4.69, 9.17) is 9.97 Å². The molecule has 0 radical (unpaired) electrons. The minimum atomic E-state index is 0.712. The smallest absolute Gasteiger partial charge is 0.160 e. The van der Waals surface area contributed by atoms with Crippen LogP contribution in [0, 0.1) is 0 Å². The van der Waals surface area contributed by atoms with E-state index in [1.54, 1.807) is 0 Å². The maximum Gasteiger partial charge on any atom is 0.160 e. The monoisotopic (exact) mass is 710 g/mol. The average Bonchev–Trinajstić information content (AvgIpc) is 3.28. The van der Waals surface area contributed by atoms with Crippen LogP contribution in [0.2, 0.25) is 0 Å². The molecule has 0 amide bonds. The van der Waals surface area contributed by atoms with E-state index in [-0.39, 0.29) is 0 Å². The van der Waals surface area contributed by atoms with Crippen LogP contribution in [-0.2, 0) is 0 Å². The molecule has 0 aliphatic rings. The highest BCUT2D eigenvalue weighted by molar-refractivity contribution is 6.25. The second-order valence-electron chi connectivity index (χ2n) is 14.5. The van der Waals surface area contributed by atoms with Crippen LogP contribution in [0.4, 0.5) is 0 Å². The topological polar surface area (TPSA) is 25.8 Å². The summed E-state index contributed by atoms with van der Waals surface area (Å²) in [5, 5.41) is 11.2. The van der Waals surface area contributed by atoms with Gasteiger partial charge in [-0.2, -0.15) is 0 Å². The van der Waals surface area contributed by atoms with Crippen molar-refractivity contribution in [3.63, 3.8) is 0 Å². The van der Waals surface area contributed by atoms with Crippen molar-refractivity contribution < 1.29 is 0 Å². The highest BCUT2D eigenvalue weighted by Gasteiger charge is 2.14. The Morgan fingerprint density at radius 1 is 0.250 bits per heavy atom. The van der Waals surface area contributed by atoms with Gasteiger partial charge in [-0.05, 0) is 101 Å². The normalized spacial score (nSPS) is 11.6. The van der Waals surface area contributed by atoms with E-state index in [1.807, 2.05) is 6.07 Å². The fraction of sp³-hybridized carbons (Fsp3) is 0. The van der Waals surface area contributed by atoms with Crippen LogP contribution in [-0.4, -0.2) is 9.97 Å². The van der Waals surface area contributed by atoms with Crippen molar-refractivity contribution in [1.82, 2.24) is 9.97 Å². The predicted molar refractivity (Wildman–Crippen MR) is 237 cm³/mol. The van der Waals surface area contributed by atoms with Gasteiger partial charge >= 0.3 is 0 Å². The van der Waals surface area contributed by atoms with Crippen LogP contribution in [0.3, 0.4) is 0 Å². The van der Waals surface area contributed by atoms with E-state index in [9.17, 15) is 0 Å². The Kier molecular flexibility index (Phi) is 7.53. The molecule has 0 fully saturated rings. The minimum Gasteiger partial charge on any atom is -0.228 e. The van der Waals surface area contributed by atoms with Crippen LogP contribution in [0.15, 0.2) is 206 Å². The van der Waals surface area contributed by atoms with Crippen molar-refractivity contribution in [2.75, 3.05) is 0 Å². The van der Waals surface area contributed by atoms with Crippen LogP contribution in [0.1, 0.15) is 0 Å². The lowest BCUT2D eigenvalue weighted by Gasteiger charge is -2.13. The molecule has 1 aromatic heterocycles. The Balaban J connectivity index is 0.971. The Morgan fingerprint density at radius 2 is 0.714 bits per heavy atom. The van der Waals surface area contributed by atoms with Crippen LogP contribution in [0.5, 0.6) is 0 Å². The van der Waals surface area contributed by atoms with E-state index in [1.165, 1.54) is 65.3 Å². The van der Waals surface area contributed by atoms with Crippen molar-refractivity contribution in [2.45, 2.75) is 0 Å². The SMILES string of the molecule is c1cc(-c2cccc(-c3nc(-c4ccc(-c5cccc6ccccc56)cc4)c4ccccc4n3)c2)cc(-c2ccc3c4ccccc4c4ccccc4c3c2)c1. The second kappa shape index (κ2) is 13.2. The molecule has 0 bridgehead atoms. The molecule has 56 heavy (non-hydrogen) atoms. The fourth-order valence-electron chi connectivity index (χ4n) is 8.51. The maximum atomic E-state index is 5.26. The van der Waals surface area contributed by atoms with E-state index in [0.29, 0.717) is 5.82 Å². The van der Waals surface area contributed by atoms with Gasteiger partial charge in [0.05, 0.1) is 11.2 Å². The van der Waals surface area contributed by atoms with Crippen LogP contribution >= 0.6 is 0 Å². The van der Waals surface area contributed by atoms with Crippen LogP contribution < -0.4 is 0 Å². The molecule has 0 unspecified atom stereocenters. The lowest BCUT2D eigenvalue weighted by atomic mass is 9.91. The third-order valence-electron chi connectivity index (χ3n) is 11.3. The quantitative estimate of drug-likeness (QED) is 0.166. The molecule has 11 aromatic rings. The fourth-order valence-corrected chi connectivity index (χ4v) is 8.51. The third kappa shape index (κ3) is 5.42. The highest BCUT2D eigenvalue weighted by Crippen LogP contribution is 2.39. The first-order chi connectivity index (χ1) is 27.7. The molecule has 0 aliphatic heterocycles. The van der Waals surface area contributed by atoms with Gasteiger partial charge in [-0.1, -0.05) is 182 Å². The van der Waals surface area contributed by atoms with Crippen molar-refractivity contribution in [1.29, 1.82) is 0 Å². The standard InChI is InChI=1S/C54H34N2/c1-2-18-43-35(12-1)13-11-24-44(43)36-26-28-37(29-27-36)53-50-23-7-8-25-52(50)55-54(56-53)42-17-10-16-40(33-42)38-14-9-15-39(32-38)41-30-31-49-47-21-4-3-19-45(47)46-20-5-6-22-48(46)51(49)34-41/h1-34H. The molecule has 0 aliphatic carbocycles. The maximum absolute atomic E-state index is 5.26. The van der Waals surface area contributed by atoms with Gasteiger partial charge < -0.3 is 0 Å². The number of benzene rings is 10. The van der Waals surface area contributed by atoms with Gasteiger partial charge in [0.1, 0.15) is 0 Å². The lowest BCUT2D eigenvalue weighted by molar-refractivity contribution is 1.23. The molecule has 0 N–H and O–H groups in total.